The van der Waals surface area contributed by atoms with Gasteiger partial charge in [0.15, 0.2) is 0 Å². The van der Waals surface area contributed by atoms with Gasteiger partial charge in [-0.3, -0.25) is 0 Å². The second kappa shape index (κ2) is 3.90. The van der Waals surface area contributed by atoms with Crippen LogP contribution in [0.3, 0.4) is 0 Å². The Morgan fingerprint density at radius 3 is 1.75 bits per heavy atom. The van der Waals surface area contributed by atoms with Gasteiger partial charge in [0.2, 0.25) is 0 Å². The first-order valence-electron chi connectivity index (χ1n) is 2.61. The van der Waals surface area contributed by atoms with Crippen LogP contribution in [0.2, 0.25) is 0 Å². The molecule has 0 N–H and O–H groups in total. The lowest BCUT2D eigenvalue weighted by atomic mass is 10.1. The van der Waals surface area contributed by atoms with Crippen molar-refractivity contribution in [1.82, 2.24) is 0 Å². The first-order valence-corrected chi connectivity index (χ1v) is 3.53. The Labute approximate surface area is 59.4 Å². The smallest absolute Gasteiger partial charge is 0.0214 e. The maximum Gasteiger partial charge on any atom is 0.0214 e. The second-order valence-corrected chi connectivity index (χ2v) is 3.17. The van der Waals surface area contributed by atoms with Crippen LogP contribution in [0.1, 0.15) is 6.92 Å². The Hall–Kier alpha value is -0.0400. The quantitative estimate of drug-likeness (QED) is 0.457. The molecule has 1 unspecified atom stereocenters. The molecule has 0 bridgehead atoms. The van der Waals surface area contributed by atoms with E-state index in [2.05, 4.69) is 36.0 Å². The minimum Gasteiger partial charge on any atom is -0.102 e. The van der Waals surface area contributed by atoms with Gasteiger partial charge >= 0.3 is 0 Å². The zero-order valence-corrected chi connectivity index (χ0v) is 6.69. The third kappa shape index (κ3) is 2.31. The van der Waals surface area contributed by atoms with Gasteiger partial charge in [0.05, 0.1) is 0 Å². The summed E-state index contributed by atoms with van der Waals surface area (Å²) in [5, 5.41) is 0. The van der Waals surface area contributed by atoms with E-state index in [-0.39, 0.29) is 0 Å². The van der Waals surface area contributed by atoms with Gasteiger partial charge in [-0.05, 0) is 0 Å². The Morgan fingerprint density at radius 1 is 1.38 bits per heavy atom. The van der Waals surface area contributed by atoms with Gasteiger partial charge in [0.25, 0.3) is 0 Å². The third-order valence-corrected chi connectivity index (χ3v) is 1.69. The molecule has 8 heavy (non-hydrogen) atoms. The molecule has 1 atom stereocenters. The summed E-state index contributed by atoms with van der Waals surface area (Å²) in [6.07, 6.45) is 3.76. The molecule has 0 saturated carbocycles. The lowest BCUT2D eigenvalue weighted by Crippen LogP contribution is -2.02. The van der Waals surface area contributed by atoms with Crippen LogP contribution in [0.15, 0.2) is 25.3 Å². The molecule has 0 amide bonds. The minimum atomic E-state index is 0.398. The highest BCUT2D eigenvalue weighted by atomic mass is 79.9. The molecule has 0 aliphatic heterocycles. The van der Waals surface area contributed by atoms with E-state index in [1.54, 1.807) is 0 Å². The molecule has 0 heterocycles. The predicted molar refractivity (Wildman–Crippen MR) is 42.3 cm³/mol. The van der Waals surface area contributed by atoms with Gasteiger partial charge in [0.1, 0.15) is 0 Å². The second-order valence-electron chi connectivity index (χ2n) is 1.73. The molecule has 1 heteroatoms. The van der Waals surface area contributed by atoms with Crippen LogP contribution >= 0.6 is 15.9 Å². The van der Waals surface area contributed by atoms with E-state index in [9.17, 15) is 0 Å². The Kier molecular flexibility index (Phi) is 3.88. The molecule has 0 saturated heterocycles. The van der Waals surface area contributed by atoms with Crippen molar-refractivity contribution in [2.24, 2.45) is 5.92 Å². The van der Waals surface area contributed by atoms with Crippen molar-refractivity contribution in [3.05, 3.63) is 25.3 Å². The van der Waals surface area contributed by atoms with Crippen molar-refractivity contribution in [2.45, 2.75) is 11.8 Å². The Balaban J connectivity index is 3.68. The number of hydrogen-bond donors (Lipinski definition) is 0. The zero-order valence-electron chi connectivity index (χ0n) is 5.10. The number of hydrogen-bond acceptors (Lipinski definition) is 0. The predicted octanol–water partition coefficient (Wildman–Crippen LogP) is 2.76. The third-order valence-electron chi connectivity index (χ3n) is 1.07. The first-order chi connectivity index (χ1) is 3.72. The summed E-state index contributed by atoms with van der Waals surface area (Å²) in [6.45, 7) is 9.38. The summed E-state index contributed by atoms with van der Waals surface area (Å²) in [6, 6.07) is 0. The molecule has 0 spiro atoms. The number of allylic oxidation sites excluding steroid dienone is 2. The standard InChI is InChI=1S/C7H11Br/c1-4-7(5-2)6(3)8/h4-7H,1-2H2,3H3. The average Bonchev–Trinajstić information content (AvgIpc) is 1.69. The maximum atomic E-state index is 3.65. The monoisotopic (exact) mass is 174 g/mol. The Bertz CT molecular complexity index is 76.4. The number of rotatable bonds is 3. The lowest BCUT2D eigenvalue weighted by Gasteiger charge is -2.07. The summed E-state index contributed by atoms with van der Waals surface area (Å²) < 4.78 is 0. The fourth-order valence-electron chi connectivity index (χ4n) is 0.471. The van der Waals surface area contributed by atoms with Crippen molar-refractivity contribution < 1.29 is 0 Å². The van der Waals surface area contributed by atoms with Crippen molar-refractivity contribution in [3.63, 3.8) is 0 Å². The van der Waals surface area contributed by atoms with Crippen LogP contribution in [0.4, 0.5) is 0 Å². The molecule has 0 rings (SSSR count). The van der Waals surface area contributed by atoms with Crippen LogP contribution in [0.25, 0.3) is 0 Å². The van der Waals surface area contributed by atoms with Gasteiger partial charge in [0, 0.05) is 10.7 Å². The van der Waals surface area contributed by atoms with E-state index < -0.39 is 0 Å². The number of halogens is 1. The summed E-state index contributed by atoms with van der Waals surface area (Å²) >= 11 is 3.42. The largest absolute Gasteiger partial charge is 0.102 e. The molecule has 0 aromatic heterocycles. The highest BCUT2D eigenvalue weighted by Crippen LogP contribution is 2.13. The molecular weight excluding hydrogens is 164 g/mol. The summed E-state index contributed by atoms with van der Waals surface area (Å²) in [5.41, 5.74) is 0. The van der Waals surface area contributed by atoms with Crippen molar-refractivity contribution in [3.8, 4) is 0 Å². The van der Waals surface area contributed by atoms with E-state index in [4.69, 9.17) is 0 Å². The van der Waals surface area contributed by atoms with Gasteiger partial charge in [-0.1, -0.05) is 35.0 Å². The molecule has 0 radical (unpaired) electrons. The highest BCUT2D eigenvalue weighted by molar-refractivity contribution is 9.09. The fourth-order valence-corrected chi connectivity index (χ4v) is 0.903. The van der Waals surface area contributed by atoms with E-state index >= 15 is 0 Å². The van der Waals surface area contributed by atoms with Crippen LogP contribution in [0, 0.1) is 5.92 Å². The van der Waals surface area contributed by atoms with Gasteiger partial charge in [-0.25, -0.2) is 0 Å². The van der Waals surface area contributed by atoms with Crippen LogP contribution in [0.5, 0.6) is 0 Å². The van der Waals surface area contributed by atoms with Crippen LogP contribution < -0.4 is 0 Å². The summed E-state index contributed by atoms with van der Waals surface area (Å²) in [5.74, 6) is 0.398. The Morgan fingerprint density at radius 2 is 1.75 bits per heavy atom. The molecular formula is C7H11Br. The molecule has 0 fully saturated rings. The summed E-state index contributed by atoms with van der Waals surface area (Å²) in [7, 11) is 0. The van der Waals surface area contributed by atoms with Crippen LogP contribution in [-0.2, 0) is 0 Å². The molecule has 0 aliphatic rings. The van der Waals surface area contributed by atoms with E-state index in [0.29, 0.717) is 10.7 Å². The first kappa shape index (κ1) is 7.96. The fraction of sp³-hybridized carbons (Fsp3) is 0.429. The van der Waals surface area contributed by atoms with Gasteiger partial charge < -0.3 is 0 Å². The van der Waals surface area contributed by atoms with Gasteiger partial charge in [-0.15, -0.1) is 13.2 Å². The number of alkyl halides is 1. The van der Waals surface area contributed by atoms with Crippen molar-refractivity contribution >= 4 is 15.9 Å². The molecule has 46 valence electrons. The molecule has 0 nitrogen and oxygen atoms in total. The van der Waals surface area contributed by atoms with Crippen molar-refractivity contribution in [1.29, 1.82) is 0 Å². The highest BCUT2D eigenvalue weighted by Gasteiger charge is 2.03. The summed E-state index contributed by atoms with van der Waals surface area (Å²) in [4.78, 5) is 0.456. The SMILES string of the molecule is C=CC(C=C)C(C)Br. The van der Waals surface area contributed by atoms with Crippen LogP contribution in [-0.4, -0.2) is 4.83 Å². The van der Waals surface area contributed by atoms with Crippen molar-refractivity contribution in [2.75, 3.05) is 0 Å². The topological polar surface area (TPSA) is 0 Å². The molecule has 0 aliphatic carbocycles. The molecule has 0 aromatic rings. The van der Waals surface area contributed by atoms with E-state index in [1.807, 2.05) is 12.2 Å². The van der Waals surface area contributed by atoms with E-state index in [0.717, 1.165) is 0 Å². The van der Waals surface area contributed by atoms with Gasteiger partial charge in [-0.2, -0.15) is 0 Å². The molecule has 0 aromatic carbocycles. The zero-order chi connectivity index (χ0) is 6.57. The maximum absolute atomic E-state index is 3.65. The average molecular weight is 175 g/mol. The minimum absolute atomic E-state index is 0.398. The lowest BCUT2D eigenvalue weighted by molar-refractivity contribution is 0.811. The normalized spacial score (nSPS) is 13.4. The van der Waals surface area contributed by atoms with E-state index in [1.165, 1.54) is 0 Å².